The third-order valence-corrected chi connectivity index (χ3v) is 4.83. The van der Waals surface area contributed by atoms with Crippen LogP contribution in [0.4, 0.5) is 0 Å². The summed E-state index contributed by atoms with van der Waals surface area (Å²) in [4.78, 5) is 40.1. The van der Waals surface area contributed by atoms with Crippen molar-refractivity contribution in [2.45, 2.75) is 31.7 Å². The van der Waals surface area contributed by atoms with Gasteiger partial charge in [0, 0.05) is 25.3 Å². The normalized spacial score (nSPS) is 14.8. The molecule has 0 spiro atoms. The van der Waals surface area contributed by atoms with Crippen LogP contribution in [0.15, 0.2) is 23.0 Å². The molecule has 1 aromatic carbocycles. The second-order valence-electron chi connectivity index (χ2n) is 6.58. The lowest BCUT2D eigenvalue weighted by atomic mass is 10.1. The molecule has 1 heterocycles. The Morgan fingerprint density at radius 3 is 2.73 bits per heavy atom. The Morgan fingerprint density at radius 2 is 2.08 bits per heavy atom. The summed E-state index contributed by atoms with van der Waals surface area (Å²) in [5, 5.41) is 9.03. The molecule has 0 radical (unpaired) electrons. The Kier molecular flexibility index (Phi) is 5.41. The first-order valence-corrected chi connectivity index (χ1v) is 8.75. The molecule has 0 aliphatic heterocycles. The van der Waals surface area contributed by atoms with E-state index in [9.17, 15) is 14.4 Å². The number of rotatable bonds is 7. The number of benzene rings is 1. The molecule has 0 bridgehead atoms. The number of ether oxygens (including phenoxy) is 1. The second-order valence-corrected chi connectivity index (χ2v) is 6.58. The number of imidazole rings is 1. The fourth-order valence-electron chi connectivity index (χ4n) is 3.59. The zero-order valence-electron chi connectivity index (χ0n) is 14.7. The summed E-state index contributed by atoms with van der Waals surface area (Å²) in [6.07, 6.45) is 4.20. The quantitative estimate of drug-likeness (QED) is 0.780. The number of aromatic nitrogens is 2. The van der Waals surface area contributed by atoms with Crippen LogP contribution in [0.1, 0.15) is 42.1 Å². The Hall–Kier alpha value is -2.61. The van der Waals surface area contributed by atoms with Gasteiger partial charge in [0.2, 0.25) is 0 Å². The van der Waals surface area contributed by atoms with Gasteiger partial charge in [-0.2, -0.15) is 0 Å². The van der Waals surface area contributed by atoms with E-state index in [4.69, 9.17) is 9.84 Å². The molecule has 8 heteroatoms. The summed E-state index contributed by atoms with van der Waals surface area (Å²) < 4.78 is 6.72. The number of amides is 1. The number of carboxylic acid groups (broad SMARTS) is 1. The van der Waals surface area contributed by atoms with Gasteiger partial charge in [-0.1, -0.05) is 12.8 Å². The number of carboxylic acids is 1. The second kappa shape index (κ2) is 7.74. The molecule has 3 rings (SSSR count). The molecule has 26 heavy (non-hydrogen) atoms. The van der Waals surface area contributed by atoms with E-state index in [1.54, 1.807) is 22.8 Å². The van der Waals surface area contributed by atoms with E-state index in [1.165, 1.54) is 12.0 Å². The first-order valence-electron chi connectivity index (χ1n) is 8.75. The molecule has 1 fully saturated rings. The Bertz CT molecular complexity index is 863. The molecule has 1 aliphatic carbocycles. The largest absolute Gasteiger partial charge is 0.480 e. The first-order chi connectivity index (χ1) is 12.5. The van der Waals surface area contributed by atoms with Gasteiger partial charge in [0.1, 0.15) is 6.54 Å². The number of nitrogens with one attached hydrogen (secondary N) is 1. The third-order valence-electron chi connectivity index (χ3n) is 4.83. The van der Waals surface area contributed by atoms with E-state index in [1.807, 2.05) is 0 Å². The number of nitrogens with zero attached hydrogens (tertiary/aromatic N) is 2. The van der Waals surface area contributed by atoms with Crippen molar-refractivity contribution in [2.24, 2.45) is 0 Å². The lowest BCUT2D eigenvalue weighted by Crippen LogP contribution is -2.38. The van der Waals surface area contributed by atoms with Crippen LogP contribution in [0, 0.1) is 0 Å². The SMILES string of the molecule is COCCN(CC(=O)O)C(=O)c1ccc2c(c1)[nH]c(=O)n2C1CCCC1. The molecule has 2 aromatic rings. The Balaban J connectivity index is 1.91. The number of aliphatic carboxylic acids is 1. The summed E-state index contributed by atoms with van der Waals surface area (Å²) >= 11 is 0. The highest BCUT2D eigenvalue weighted by Crippen LogP contribution is 2.30. The van der Waals surface area contributed by atoms with Crippen LogP contribution in [-0.4, -0.2) is 58.2 Å². The van der Waals surface area contributed by atoms with Gasteiger partial charge in [-0.15, -0.1) is 0 Å². The molecular formula is C18H23N3O5. The average molecular weight is 361 g/mol. The molecule has 8 nitrogen and oxygen atoms in total. The van der Waals surface area contributed by atoms with E-state index in [0.717, 1.165) is 31.2 Å². The fraction of sp³-hybridized carbons (Fsp3) is 0.500. The van der Waals surface area contributed by atoms with Crippen LogP contribution in [0.3, 0.4) is 0 Å². The fourth-order valence-corrected chi connectivity index (χ4v) is 3.59. The highest BCUT2D eigenvalue weighted by molar-refractivity contribution is 5.98. The van der Waals surface area contributed by atoms with Gasteiger partial charge in [0.15, 0.2) is 0 Å². The van der Waals surface area contributed by atoms with Crippen molar-refractivity contribution < 1.29 is 19.4 Å². The molecule has 0 unspecified atom stereocenters. The number of hydrogen-bond acceptors (Lipinski definition) is 4. The van der Waals surface area contributed by atoms with Gasteiger partial charge < -0.3 is 19.7 Å². The Labute approximate surface area is 150 Å². The van der Waals surface area contributed by atoms with Gasteiger partial charge in [-0.25, -0.2) is 4.79 Å². The number of methoxy groups -OCH3 is 1. The molecule has 0 atom stereocenters. The minimum atomic E-state index is -1.09. The number of carbonyl (C=O) groups is 2. The third kappa shape index (κ3) is 3.65. The van der Waals surface area contributed by atoms with Crippen LogP contribution in [0.5, 0.6) is 0 Å². The van der Waals surface area contributed by atoms with Gasteiger partial charge in [0.25, 0.3) is 5.91 Å². The molecule has 2 N–H and O–H groups in total. The van der Waals surface area contributed by atoms with E-state index < -0.39 is 18.4 Å². The molecule has 0 saturated heterocycles. The zero-order valence-corrected chi connectivity index (χ0v) is 14.7. The monoisotopic (exact) mass is 361 g/mol. The maximum Gasteiger partial charge on any atom is 0.326 e. The minimum Gasteiger partial charge on any atom is -0.480 e. The average Bonchev–Trinajstić information content (AvgIpc) is 3.23. The molecule has 1 saturated carbocycles. The lowest BCUT2D eigenvalue weighted by molar-refractivity contribution is -0.137. The minimum absolute atomic E-state index is 0.168. The standard InChI is InChI=1S/C18H23N3O5/c1-26-9-8-20(11-16(22)23)17(24)12-6-7-15-14(10-12)19-18(25)21(15)13-4-2-3-5-13/h6-7,10,13H,2-5,8-9,11H2,1H3,(H,19,25)(H,22,23). The number of hydrogen-bond donors (Lipinski definition) is 2. The van der Waals surface area contributed by atoms with E-state index in [0.29, 0.717) is 11.1 Å². The van der Waals surface area contributed by atoms with Crippen LogP contribution in [0.25, 0.3) is 11.0 Å². The van der Waals surface area contributed by atoms with Crippen LogP contribution < -0.4 is 5.69 Å². The topological polar surface area (TPSA) is 105 Å². The molecule has 1 amide bonds. The first kappa shape index (κ1) is 18.2. The summed E-state index contributed by atoms with van der Waals surface area (Å²) in [5.74, 6) is -1.49. The van der Waals surface area contributed by atoms with Crippen LogP contribution in [0.2, 0.25) is 0 Å². The summed E-state index contributed by atoms with van der Waals surface area (Å²) in [5.41, 5.74) is 1.54. The molecular weight excluding hydrogens is 338 g/mol. The summed E-state index contributed by atoms with van der Waals surface area (Å²) in [6.45, 7) is 0.0231. The van der Waals surface area contributed by atoms with Gasteiger partial charge >= 0.3 is 11.7 Å². The maximum absolute atomic E-state index is 12.7. The van der Waals surface area contributed by atoms with E-state index >= 15 is 0 Å². The van der Waals surface area contributed by atoms with Crippen molar-refractivity contribution >= 4 is 22.9 Å². The van der Waals surface area contributed by atoms with Crippen molar-refractivity contribution in [3.63, 3.8) is 0 Å². The predicted molar refractivity (Wildman–Crippen MR) is 95.5 cm³/mol. The smallest absolute Gasteiger partial charge is 0.326 e. The predicted octanol–water partition coefficient (Wildman–Crippen LogP) is 1.62. The van der Waals surface area contributed by atoms with Crippen molar-refractivity contribution in [3.05, 3.63) is 34.2 Å². The highest BCUT2D eigenvalue weighted by Gasteiger charge is 2.23. The molecule has 1 aliphatic rings. The van der Waals surface area contributed by atoms with E-state index in [2.05, 4.69) is 4.98 Å². The molecule has 1 aromatic heterocycles. The van der Waals surface area contributed by atoms with Gasteiger partial charge in [0.05, 0.1) is 17.6 Å². The number of carbonyl (C=O) groups excluding carboxylic acids is 1. The van der Waals surface area contributed by atoms with Crippen molar-refractivity contribution in [3.8, 4) is 0 Å². The maximum atomic E-state index is 12.7. The van der Waals surface area contributed by atoms with Crippen LogP contribution in [-0.2, 0) is 9.53 Å². The van der Waals surface area contributed by atoms with Gasteiger partial charge in [-0.3, -0.25) is 14.2 Å². The van der Waals surface area contributed by atoms with Gasteiger partial charge in [-0.05, 0) is 31.0 Å². The van der Waals surface area contributed by atoms with Crippen molar-refractivity contribution in [1.82, 2.24) is 14.5 Å². The zero-order chi connectivity index (χ0) is 18.7. The number of fused-ring (bicyclic) bond motifs is 1. The van der Waals surface area contributed by atoms with Crippen molar-refractivity contribution in [2.75, 3.05) is 26.8 Å². The molecule has 140 valence electrons. The summed E-state index contributed by atoms with van der Waals surface area (Å²) in [6, 6.07) is 5.22. The highest BCUT2D eigenvalue weighted by atomic mass is 16.5. The van der Waals surface area contributed by atoms with E-state index in [-0.39, 0.29) is 24.9 Å². The lowest BCUT2D eigenvalue weighted by Gasteiger charge is -2.20. The number of aromatic amines is 1. The number of H-pyrrole nitrogens is 1. The summed E-state index contributed by atoms with van der Waals surface area (Å²) in [7, 11) is 1.49. The van der Waals surface area contributed by atoms with Crippen molar-refractivity contribution in [1.29, 1.82) is 0 Å². The Morgan fingerprint density at radius 1 is 1.35 bits per heavy atom. The van der Waals surface area contributed by atoms with Crippen LogP contribution >= 0.6 is 0 Å².